The number of carbonyl (C=O) groups is 1. The first kappa shape index (κ1) is 16.3. The van der Waals surface area contributed by atoms with Gasteiger partial charge in [-0.25, -0.2) is 0 Å². The summed E-state index contributed by atoms with van der Waals surface area (Å²) >= 11 is 1.35. The van der Waals surface area contributed by atoms with Gasteiger partial charge in [-0.3, -0.25) is 14.0 Å². The molecule has 0 unspecified atom stereocenters. The SMILES string of the molecule is Cc1cc(NC(=O)CSc2nnc(C)n2-c2ccccc2)n(C)n1. The fourth-order valence-corrected chi connectivity index (χ4v) is 3.14. The van der Waals surface area contributed by atoms with Crippen LogP contribution in [0.5, 0.6) is 0 Å². The Labute approximate surface area is 144 Å². The third kappa shape index (κ3) is 3.48. The minimum absolute atomic E-state index is 0.108. The van der Waals surface area contributed by atoms with Gasteiger partial charge in [-0.2, -0.15) is 5.10 Å². The molecule has 0 radical (unpaired) electrons. The van der Waals surface area contributed by atoms with E-state index in [1.165, 1.54) is 11.8 Å². The number of hydrogen-bond donors (Lipinski definition) is 1. The van der Waals surface area contributed by atoms with Gasteiger partial charge in [0.1, 0.15) is 11.6 Å². The number of nitrogens with zero attached hydrogens (tertiary/aromatic N) is 5. The maximum absolute atomic E-state index is 12.2. The van der Waals surface area contributed by atoms with Gasteiger partial charge in [0.2, 0.25) is 5.91 Å². The van der Waals surface area contributed by atoms with Crippen LogP contribution in [-0.2, 0) is 11.8 Å². The third-order valence-corrected chi connectivity index (χ3v) is 4.34. The van der Waals surface area contributed by atoms with Gasteiger partial charge < -0.3 is 5.32 Å². The van der Waals surface area contributed by atoms with E-state index in [1.807, 2.05) is 54.8 Å². The Morgan fingerprint density at radius 1 is 1.21 bits per heavy atom. The summed E-state index contributed by atoms with van der Waals surface area (Å²) in [7, 11) is 1.80. The standard InChI is InChI=1S/C16H18N6OS/c1-11-9-14(21(3)20-11)17-15(23)10-24-16-19-18-12(2)22(16)13-7-5-4-6-8-13/h4-9H,10H2,1-3H3,(H,17,23). The Morgan fingerprint density at radius 3 is 2.62 bits per heavy atom. The molecule has 7 nitrogen and oxygen atoms in total. The topological polar surface area (TPSA) is 77.6 Å². The molecular formula is C16H18N6OS. The van der Waals surface area contributed by atoms with E-state index < -0.39 is 0 Å². The van der Waals surface area contributed by atoms with E-state index >= 15 is 0 Å². The highest BCUT2D eigenvalue weighted by Gasteiger charge is 2.14. The molecule has 1 aromatic carbocycles. The molecule has 0 aliphatic carbocycles. The van der Waals surface area contributed by atoms with Crippen molar-refractivity contribution in [2.45, 2.75) is 19.0 Å². The Bertz CT molecular complexity index is 855. The Morgan fingerprint density at radius 2 is 1.96 bits per heavy atom. The van der Waals surface area contributed by atoms with Crippen LogP contribution in [0, 0.1) is 13.8 Å². The molecule has 0 spiro atoms. The highest BCUT2D eigenvalue weighted by Crippen LogP contribution is 2.21. The second kappa shape index (κ2) is 6.88. The minimum atomic E-state index is -0.108. The largest absolute Gasteiger partial charge is 0.310 e. The summed E-state index contributed by atoms with van der Waals surface area (Å²) in [5.74, 6) is 1.60. The summed E-state index contributed by atoms with van der Waals surface area (Å²) in [6.45, 7) is 3.78. The minimum Gasteiger partial charge on any atom is -0.310 e. The first-order valence-electron chi connectivity index (χ1n) is 7.45. The number of aromatic nitrogens is 5. The molecule has 3 rings (SSSR count). The van der Waals surface area contributed by atoms with Crippen molar-refractivity contribution in [1.82, 2.24) is 24.5 Å². The molecule has 0 atom stereocenters. The number of anilines is 1. The molecule has 1 N–H and O–H groups in total. The number of aryl methyl sites for hydroxylation is 3. The molecule has 2 heterocycles. The smallest absolute Gasteiger partial charge is 0.235 e. The van der Waals surface area contributed by atoms with E-state index in [2.05, 4.69) is 20.6 Å². The lowest BCUT2D eigenvalue weighted by Gasteiger charge is -2.08. The molecule has 0 aliphatic rings. The van der Waals surface area contributed by atoms with Crippen LogP contribution >= 0.6 is 11.8 Å². The van der Waals surface area contributed by atoms with E-state index in [0.29, 0.717) is 11.0 Å². The van der Waals surface area contributed by atoms with E-state index in [4.69, 9.17) is 0 Å². The molecule has 1 amide bonds. The zero-order valence-electron chi connectivity index (χ0n) is 13.7. The first-order chi connectivity index (χ1) is 11.5. The molecule has 0 saturated carbocycles. The number of hydrogen-bond acceptors (Lipinski definition) is 5. The third-order valence-electron chi connectivity index (χ3n) is 3.41. The van der Waals surface area contributed by atoms with Crippen LogP contribution in [0.15, 0.2) is 41.6 Å². The lowest BCUT2D eigenvalue weighted by molar-refractivity contribution is -0.113. The van der Waals surface area contributed by atoms with E-state index in [-0.39, 0.29) is 11.7 Å². The van der Waals surface area contributed by atoms with Crippen LogP contribution in [-0.4, -0.2) is 36.2 Å². The van der Waals surface area contributed by atoms with Crippen LogP contribution in [0.1, 0.15) is 11.5 Å². The fraction of sp³-hybridized carbons (Fsp3) is 0.250. The molecule has 0 aliphatic heterocycles. The molecule has 24 heavy (non-hydrogen) atoms. The molecule has 124 valence electrons. The van der Waals surface area contributed by atoms with Gasteiger partial charge >= 0.3 is 0 Å². The van der Waals surface area contributed by atoms with Crippen molar-refractivity contribution in [2.75, 3.05) is 11.1 Å². The van der Waals surface area contributed by atoms with Gasteiger partial charge in [-0.1, -0.05) is 30.0 Å². The van der Waals surface area contributed by atoms with E-state index in [1.54, 1.807) is 11.7 Å². The van der Waals surface area contributed by atoms with Gasteiger partial charge in [0.25, 0.3) is 0 Å². The monoisotopic (exact) mass is 342 g/mol. The number of thioether (sulfide) groups is 1. The second-order valence-corrected chi connectivity index (χ2v) is 6.27. The summed E-state index contributed by atoms with van der Waals surface area (Å²) in [6.07, 6.45) is 0. The van der Waals surface area contributed by atoms with Gasteiger partial charge in [0.15, 0.2) is 5.16 Å². The number of carbonyl (C=O) groups excluding carboxylic acids is 1. The van der Waals surface area contributed by atoms with Crippen molar-refractivity contribution in [3.8, 4) is 5.69 Å². The Kier molecular flexibility index (Phi) is 4.66. The summed E-state index contributed by atoms with van der Waals surface area (Å²) in [6, 6.07) is 11.7. The van der Waals surface area contributed by atoms with Crippen LogP contribution in [0.4, 0.5) is 5.82 Å². The van der Waals surface area contributed by atoms with Crippen molar-refractivity contribution >= 4 is 23.5 Å². The molecule has 3 aromatic rings. The van der Waals surface area contributed by atoms with Crippen molar-refractivity contribution < 1.29 is 4.79 Å². The first-order valence-corrected chi connectivity index (χ1v) is 8.44. The highest BCUT2D eigenvalue weighted by atomic mass is 32.2. The normalized spacial score (nSPS) is 10.8. The van der Waals surface area contributed by atoms with E-state index in [9.17, 15) is 4.79 Å². The highest BCUT2D eigenvalue weighted by molar-refractivity contribution is 7.99. The quantitative estimate of drug-likeness (QED) is 0.720. The lowest BCUT2D eigenvalue weighted by Crippen LogP contribution is -2.16. The van der Waals surface area contributed by atoms with Gasteiger partial charge in [0.05, 0.1) is 11.4 Å². The average Bonchev–Trinajstić information content (AvgIpc) is 3.08. The van der Waals surface area contributed by atoms with Crippen LogP contribution in [0.3, 0.4) is 0 Å². The van der Waals surface area contributed by atoms with Crippen LogP contribution in [0.25, 0.3) is 5.69 Å². The lowest BCUT2D eigenvalue weighted by atomic mass is 10.3. The fourth-order valence-electron chi connectivity index (χ4n) is 2.35. The number of benzene rings is 1. The average molecular weight is 342 g/mol. The predicted molar refractivity (Wildman–Crippen MR) is 93.4 cm³/mol. The maximum Gasteiger partial charge on any atom is 0.235 e. The number of nitrogens with one attached hydrogen (secondary N) is 1. The molecule has 8 heteroatoms. The maximum atomic E-state index is 12.2. The Hall–Kier alpha value is -2.61. The van der Waals surface area contributed by atoms with Gasteiger partial charge in [0, 0.05) is 18.8 Å². The van der Waals surface area contributed by atoms with Gasteiger partial charge in [-0.05, 0) is 26.0 Å². The van der Waals surface area contributed by atoms with Crippen molar-refractivity contribution in [3.05, 3.63) is 47.9 Å². The molecule has 0 saturated heterocycles. The van der Waals surface area contributed by atoms with Crippen molar-refractivity contribution in [1.29, 1.82) is 0 Å². The summed E-state index contributed by atoms with van der Waals surface area (Å²) in [4.78, 5) is 12.2. The molecule has 2 aromatic heterocycles. The van der Waals surface area contributed by atoms with Crippen molar-refractivity contribution in [2.24, 2.45) is 7.05 Å². The zero-order valence-corrected chi connectivity index (χ0v) is 14.5. The van der Waals surface area contributed by atoms with Crippen LogP contribution in [0.2, 0.25) is 0 Å². The predicted octanol–water partition coefficient (Wildman–Crippen LogP) is 2.35. The molecular weight excluding hydrogens is 324 g/mol. The zero-order chi connectivity index (χ0) is 17.1. The number of amides is 1. The van der Waals surface area contributed by atoms with Crippen LogP contribution < -0.4 is 5.32 Å². The summed E-state index contributed by atoms with van der Waals surface area (Å²) in [5.41, 5.74) is 1.84. The number of para-hydroxylation sites is 1. The number of rotatable bonds is 5. The summed E-state index contributed by atoms with van der Waals surface area (Å²) in [5, 5.41) is 16.0. The second-order valence-electron chi connectivity index (χ2n) is 5.33. The molecule has 0 bridgehead atoms. The summed E-state index contributed by atoms with van der Waals surface area (Å²) < 4.78 is 3.58. The van der Waals surface area contributed by atoms with E-state index in [0.717, 1.165) is 17.2 Å². The Balaban J connectivity index is 1.69. The van der Waals surface area contributed by atoms with Gasteiger partial charge in [-0.15, -0.1) is 10.2 Å². The molecule has 0 fully saturated rings. The van der Waals surface area contributed by atoms with Crippen molar-refractivity contribution in [3.63, 3.8) is 0 Å².